The zero-order valence-electron chi connectivity index (χ0n) is 7.09. The Morgan fingerprint density at radius 2 is 2.09 bits per heavy atom. The number of hydrogen-bond donors (Lipinski definition) is 0. The van der Waals surface area contributed by atoms with Crippen LogP contribution in [-0.4, -0.2) is 18.5 Å². The predicted octanol–water partition coefficient (Wildman–Crippen LogP) is 1.95. The lowest BCUT2D eigenvalue weighted by atomic mass is 10.3. The number of oxime groups is 1. The Hall–Kier alpha value is -1.06. The lowest BCUT2D eigenvalue weighted by molar-refractivity contribution is 0.0611. The normalized spacial score (nSPS) is 11.0. The first-order chi connectivity index (χ1) is 5.20. The summed E-state index contributed by atoms with van der Waals surface area (Å²) in [5.74, 6) is 0. The Morgan fingerprint density at radius 1 is 1.45 bits per heavy atom. The molecule has 0 unspecified atom stereocenters. The molecule has 0 aromatic heterocycles. The topological polar surface area (TPSA) is 47.9 Å². The van der Waals surface area contributed by atoms with Gasteiger partial charge in [-0.15, -0.1) is 0 Å². The molecule has 0 aliphatic heterocycles. The summed E-state index contributed by atoms with van der Waals surface area (Å²) in [5.41, 5.74) is 0.762. The SMILES string of the molecule is CCOC(=O)ON=C(C)CC. The summed E-state index contributed by atoms with van der Waals surface area (Å²) in [6, 6.07) is 0. The van der Waals surface area contributed by atoms with Crippen LogP contribution in [0.4, 0.5) is 4.79 Å². The summed E-state index contributed by atoms with van der Waals surface area (Å²) in [5, 5.41) is 3.50. The number of rotatable bonds is 3. The van der Waals surface area contributed by atoms with Crippen LogP contribution in [0.3, 0.4) is 0 Å². The Balaban J connectivity index is 3.60. The molecule has 0 amide bonds. The van der Waals surface area contributed by atoms with E-state index >= 15 is 0 Å². The molecule has 64 valence electrons. The number of carbonyl (C=O) groups excluding carboxylic acids is 1. The Kier molecular flexibility index (Phi) is 5.15. The van der Waals surface area contributed by atoms with Gasteiger partial charge in [-0.3, -0.25) is 4.84 Å². The molecular weight excluding hydrogens is 146 g/mol. The molecule has 0 atom stereocenters. The summed E-state index contributed by atoms with van der Waals surface area (Å²) in [6.07, 6.45) is 0.0136. The van der Waals surface area contributed by atoms with Gasteiger partial charge < -0.3 is 4.74 Å². The second-order valence-electron chi connectivity index (χ2n) is 1.95. The molecule has 0 rings (SSSR count). The van der Waals surface area contributed by atoms with E-state index in [-0.39, 0.29) is 0 Å². The molecule has 4 nitrogen and oxygen atoms in total. The van der Waals surface area contributed by atoms with Crippen molar-refractivity contribution in [3.05, 3.63) is 0 Å². The van der Waals surface area contributed by atoms with E-state index in [1.807, 2.05) is 6.92 Å². The fourth-order valence-corrected chi connectivity index (χ4v) is 0.324. The van der Waals surface area contributed by atoms with E-state index in [2.05, 4.69) is 14.7 Å². The molecule has 0 aromatic carbocycles. The molecule has 0 bridgehead atoms. The first-order valence-electron chi connectivity index (χ1n) is 3.57. The van der Waals surface area contributed by atoms with Crippen molar-refractivity contribution in [3.63, 3.8) is 0 Å². The summed E-state index contributed by atoms with van der Waals surface area (Å²) < 4.78 is 4.47. The highest BCUT2D eigenvalue weighted by Gasteiger charge is 1.99. The van der Waals surface area contributed by atoms with Crippen molar-refractivity contribution in [2.45, 2.75) is 27.2 Å². The quantitative estimate of drug-likeness (QED) is 0.273. The lowest BCUT2D eigenvalue weighted by Gasteiger charge is -1.97. The van der Waals surface area contributed by atoms with Crippen LogP contribution in [0, 0.1) is 0 Å². The maximum atomic E-state index is 10.5. The van der Waals surface area contributed by atoms with Gasteiger partial charge in [0.1, 0.15) is 0 Å². The van der Waals surface area contributed by atoms with Crippen molar-refractivity contribution in [1.82, 2.24) is 0 Å². The number of carbonyl (C=O) groups is 1. The molecule has 0 aliphatic rings. The number of nitrogens with zero attached hydrogens (tertiary/aromatic N) is 1. The van der Waals surface area contributed by atoms with Crippen molar-refractivity contribution in [2.75, 3.05) is 6.61 Å². The molecule has 4 heteroatoms. The molecule has 0 fully saturated rings. The second-order valence-corrected chi connectivity index (χ2v) is 1.95. The Labute approximate surface area is 66.2 Å². The predicted molar refractivity (Wildman–Crippen MR) is 41.5 cm³/mol. The molecule has 0 spiro atoms. The first-order valence-corrected chi connectivity index (χ1v) is 3.57. The highest BCUT2D eigenvalue weighted by Crippen LogP contribution is 1.89. The van der Waals surface area contributed by atoms with Crippen LogP contribution in [0.2, 0.25) is 0 Å². The largest absolute Gasteiger partial charge is 0.535 e. The maximum Gasteiger partial charge on any atom is 0.535 e. The van der Waals surface area contributed by atoms with Crippen LogP contribution >= 0.6 is 0 Å². The van der Waals surface area contributed by atoms with E-state index in [9.17, 15) is 4.79 Å². The van der Waals surface area contributed by atoms with Gasteiger partial charge in [0.25, 0.3) is 0 Å². The van der Waals surface area contributed by atoms with Crippen LogP contribution in [0.5, 0.6) is 0 Å². The van der Waals surface area contributed by atoms with Gasteiger partial charge in [-0.25, -0.2) is 4.79 Å². The molecule has 0 N–H and O–H groups in total. The summed E-state index contributed by atoms with van der Waals surface area (Å²) in [6.45, 7) is 5.71. The first kappa shape index (κ1) is 9.94. The van der Waals surface area contributed by atoms with Crippen molar-refractivity contribution >= 4 is 11.9 Å². The van der Waals surface area contributed by atoms with Crippen LogP contribution in [0.25, 0.3) is 0 Å². The third kappa shape index (κ3) is 5.39. The minimum Gasteiger partial charge on any atom is -0.433 e. The molecule has 0 saturated heterocycles. The van der Waals surface area contributed by atoms with E-state index in [4.69, 9.17) is 0 Å². The van der Waals surface area contributed by atoms with E-state index in [0.717, 1.165) is 12.1 Å². The average Bonchev–Trinajstić information content (AvgIpc) is 2.01. The molecule has 0 radical (unpaired) electrons. The van der Waals surface area contributed by atoms with Crippen molar-refractivity contribution in [2.24, 2.45) is 5.16 Å². The second kappa shape index (κ2) is 5.70. The standard InChI is InChI=1S/C7H13NO3/c1-4-6(3)8-11-7(9)10-5-2/h4-5H2,1-3H3. The van der Waals surface area contributed by atoms with E-state index < -0.39 is 6.16 Å². The van der Waals surface area contributed by atoms with Gasteiger partial charge in [-0.05, 0) is 20.3 Å². The lowest BCUT2D eigenvalue weighted by Crippen LogP contribution is -2.04. The third-order valence-electron chi connectivity index (χ3n) is 1.05. The average molecular weight is 159 g/mol. The number of hydrogen-bond acceptors (Lipinski definition) is 4. The van der Waals surface area contributed by atoms with Gasteiger partial charge in [0, 0.05) is 0 Å². The van der Waals surface area contributed by atoms with E-state index in [0.29, 0.717) is 6.61 Å². The van der Waals surface area contributed by atoms with E-state index in [1.165, 1.54) is 0 Å². The van der Waals surface area contributed by atoms with Gasteiger partial charge in [0.15, 0.2) is 0 Å². The van der Waals surface area contributed by atoms with Crippen molar-refractivity contribution < 1.29 is 14.4 Å². The van der Waals surface area contributed by atoms with Gasteiger partial charge in [-0.1, -0.05) is 12.1 Å². The Bertz CT molecular complexity index is 154. The monoisotopic (exact) mass is 159 g/mol. The third-order valence-corrected chi connectivity index (χ3v) is 1.05. The summed E-state index contributed by atoms with van der Waals surface area (Å²) >= 11 is 0. The molecular formula is C7H13NO3. The fraction of sp³-hybridized carbons (Fsp3) is 0.714. The highest BCUT2D eigenvalue weighted by atomic mass is 16.8. The summed E-state index contributed by atoms with van der Waals surface area (Å²) in [7, 11) is 0. The highest BCUT2D eigenvalue weighted by molar-refractivity contribution is 5.81. The minimum atomic E-state index is -0.750. The van der Waals surface area contributed by atoms with Crippen LogP contribution in [0.1, 0.15) is 27.2 Å². The zero-order chi connectivity index (χ0) is 8.69. The van der Waals surface area contributed by atoms with Crippen molar-refractivity contribution in [1.29, 1.82) is 0 Å². The molecule has 0 saturated carbocycles. The van der Waals surface area contributed by atoms with Gasteiger partial charge >= 0.3 is 6.16 Å². The zero-order valence-corrected chi connectivity index (χ0v) is 7.09. The number of ether oxygens (including phenoxy) is 1. The molecule has 0 heterocycles. The summed E-state index contributed by atoms with van der Waals surface area (Å²) in [4.78, 5) is 14.9. The van der Waals surface area contributed by atoms with Crippen LogP contribution < -0.4 is 0 Å². The smallest absolute Gasteiger partial charge is 0.433 e. The van der Waals surface area contributed by atoms with Crippen LogP contribution in [0.15, 0.2) is 5.16 Å². The fourth-order valence-electron chi connectivity index (χ4n) is 0.324. The Morgan fingerprint density at radius 3 is 2.55 bits per heavy atom. The van der Waals surface area contributed by atoms with Gasteiger partial charge in [-0.2, -0.15) is 0 Å². The maximum absolute atomic E-state index is 10.5. The van der Waals surface area contributed by atoms with Crippen LogP contribution in [-0.2, 0) is 9.57 Å². The van der Waals surface area contributed by atoms with Gasteiger partial charge in [0.05, 0.1) is 12.3 Å². The van der Waals surface area contributed by atoms with E-state index in [1.54, 1.807) is 13.8 Å². The van der Waals surface area contributed by atoms with Gasteiger partial charge in [0.2, 0.25) is 0 Å². The molecule has 11 heavy (non-hydrogen) atoms. The minimum absolute atomic E-state index is 0.305. The molecule has 0 aromatic rings. The molecule has 0 aliphatic carbocycles. The van der Waals surface area contributed by atoms with Crippen molar-refractivity contribution in [3.8, 4) is 0 Å².